The number of aliphatic hydroxyl groups excluding tert-OH is 1. The van der Waals surface area contributed by atoms with Crippen LogP contribution < -0.4 is 5.32 Å². The van der Waals surface area contributed by atoms with Crippen LogP contribution >= 0.6 is 0 Å². The summed E-state index contributed by atoms with van der Waals surface area (Å²) in [5.74, 6) is 0. The van der Waals surface area contributed by atoms with Crippen LogP contribution in [0.15, 0.2) is 24.3 Å². The maximum atomic E-state index is 8.98. The first-order valence-corrected chi connectivity index (χ1v) is 8.23. The Balaban J connectivity index is 1.86. The number of aliphatic hydroxyl groups is 1. The Morgan fingerprint density at radius 2 is 2.00 bits per heavy atom. The minimum atomic E-state index is 0.212. The highest BCUT2D eigenvalue weighted by molar-refractivity contribution is 5.93. The number of hydrogen-bond acceptors (Lipinski definition) is 4. The summed E-state index contributed by atoms with van der Waals surface area (Å²) in [6.07, 6.45) is 4.73. The highest BCUT2D eigenvalue weighted by Gasteiger charge is 2.17. The number of pyridine rings is 1. The van der Waals surface area contributed by atoms with Gasteiger partial charge in [-0.15, -0.1) is 0 Å². The molecule has 0 atom stereocenters. The van der Waals surface area contributed by atoms with E-state index >= 15 is 0 Å². The van der Waals surface area contributed by atoms with Crippen molar-refractivity contribution in [1.82, 2.24) is 9.88 Å². The van der Waals surface area contributed by atoms with E-state index in [1.807, 2.05) is 7.05 Å². The summed E-state index contributed by atoms with van der Waals surface area (Å²) in [5, 5.41) is 13.9. The topological polar surface area (TPSA) is 48.4 Å². The molecule has 1 aromatic carbocycles. The average molecular weight is 299 g/mol. The van der Waals surface area contributed by atoms with E-state index in [4.69, 9.17) is 10.1 Å². The standard InChI is InChI=1S/C18H25N3O/c1-21(12-13-22)11-10-19-18-14-6-2-4-8-16(14)20-17-9-5-3-7-15(17)18/h2,4,6,8,22H,3,5,7,9-13H2,1H3,(H,19,20). The third kappa shape index (κ3) is 3.23. The molecule has 0 radical (unpaired) electrons. The van der Waals surface area contributed by atoms with Gasteiger partial charge in [0.05, 0.1) is 12.1 Å². The molecule has 0 spiro atoms. The van der Waals surface area contributed by atoms with Crippen LogP contribution in [0.3, 0.4) is 0 Å². The third-order valence-electron chi connectivity index (χ3n) is 4.45. The van der Waals surface area contributed by atoms with E-state index in [1.165, 1.54) is 35.2 Å². The number of aryl methyl sites for hydroxylation is 1. The largest absolute Gasteiger partial charge is 0.395 e. The fourth-order valence-electron chi connectivity index (χ4n) is 3.23. The second kappa shape index (κ2) is 7.07. The molecule has 3 rings (SSSR count). The van der Waals surface area contributed by atoms with Gasteiger partial charge >= 0.3 is 0 Å². The van der Waals surface area contributed by atoms with E-state index in [9.17, 15) is 0 Å². The Labute approximate surface area is 132 Å². The predicted molar refractivity (Wildman–Crippen MR) is 91.5 cm³/mol. The molecule has 1 aliphatic carbocycles. The van der Waals surface area contributed by atoms with E-state index < -0.39 is 0 Å². The van der Waals surface area contributed by atoms with Crippen LogP contribution in [-0.4, -0.2) is 48.3 Å². The first-order chi connectivity index (χ1) is 10.8. The summed E-state index contributed by atoms with van der Waals surface area (Å²) in [6, 6.07) is 8.41. The van der Waals surface area contributed by atoms with E-state index in [-0.39, 0.29) is 6.61 Å². The molecule has 4 nitrogen and oxygen atoms in total. The van der Waals surface area contributed by atoms with E-state index in [0.717, 1.165) is 38.0 Å². The van der Waals surface area contributed by atoms with Gasteiger partial charge in [0.15, 0.2) is 0 Å². The number of fused-ring (bicyclic) bond motifs is 2. The third-order valence-corrected chi connectivity index (χ3v) is 4.45. The molecule has 0 saturated carbocycles. The SMILES string of the molecule is CN(CCO)CCNc1c2c(nc3ccccc13)CCCC2. The lowest BCUT2D eigenvalue weighted by molar-refractivity contribution is 0.225. The van der Waals surface area contributed by atoms with Gasteiger partial charge in [-0.3, -0.25) is 4.98 Å². The number of hydrogen-bond donors (Lipinski definition) is 2. The molecule has 0 amide bonds. The quantitative estimate of drug-likeness (QED) is 0.860. The van der Waals surface area contributed by atoms with Crippen molar-refractivity contribution >= 4 is 16.6 Å². The van der Waals surface area contributed by atoms with Crippen molar-refractivity contribution in [3.8, 4) is 0 Å². The molecule has 2 N–H and O–H groups in total. The molecular weight excluding hydrogens is 274 g/mol. The Bertz CT molecular complexity index is 642. The van der Waals surface area contributed by atoms with Crippen LogP contribution in [0.25, 0.3) is 10.9 Å². The number of aromatic nitrogens is 1. The maximum Gasteiger partial charge on any atom is 0.0726 e. The van der Waals surface area contributed by atoms with Gasteiger partial charge in [-0.25, -0.2) is 0 Å². The average Bonchev–Trinajstić information content (AvgIpc) is 2.54. The van der Waals surface area contributed by atoms with Crippen molar-refractivity contribution < 1.29 is 5.11 Å². The first-order valence-electron chi connectivity index (χ1n) is 8.23. The van der Waals surface area contributed by atoms with Crippen molar-refractivity contribution in [3.05, 3.63) is 35.5 Å². The summed E-state index contributed by atoms with van der Waals surface area (Å²) < 4.78 is 0. The molecule has 0 aliphatic heterocycles. The molecule has 22 heavy (non-hydrogen) atoms. The van der Waals surface area contributed by atoms with Gasteiger partial charge in [0.1, 0.15) is 0 Å². The zero-order valence-corrected chi connectivity index (χ0v) is 13.3. The predicted octanol–water partition coefficient (Wildman–Crippen LogP) is 2.45. The Hall–Kier alpha value is -1.65. The summed E-state index contributed by atoms with van der Waals surface area (Å²) in [6.45, 7) is 2.74. The summed E-state index contributed by atoms with van der Waals surface area (Å²) in [7, 11) is 2.04. The Kier molecular flexibility index (Phi) is 4.90. The number of rotatable bonds is 6. The maximum absolute atomic E-state index is 8.98. The van der Waals surface area contributed by atoms with Crippen molar-refractivity contribution in [3.63, 3.8) is 0 Å². The molecule has 1 aliphatic rings. The second-order valence-corrected chi connectivity index (χ2v) is 6.09. The van der Waals surface area contributed by atoms with Crippen molar-refractivity contribution in [2.75, 3.05) is 38.6 Å². The lowest BCUT2D eigenvalue weighted by atomic mass is 9.92. The Morgan fingerprint density at radius 1 is 1.18 bits per heavy atom. The van der Waals surface area contributed by atoms with Crippen LogP contribution in [0.5, 0.6) is 0 Å². The minimum absolute atomic E-state index is 0.212. The number of benzene rings is 1. The summed E-state index contributed by atoms with van der Waals surface area (Å²) >= 11 is 0. The fraction of sp³-hybridized carbons (Fsp3) is 0.500. The molecule has 0 bridgehead atoms. The van der Waals surface area contributed by atoms with Crippen molar-refractivity contribution in [1.29, 1.82) is 0 Å². The summed E-state index contributed by atoms with van der Waals surface area (Å²) in [5.41, 5.74) is 5.05. The zero-order chi connectivity index (χ0) is 15.4. The first kappa shape index (κ1) is 15.3. The number of likely N-dealkylation sites (N-methyl/N-ethyl adjacent to an activating group) is 1. The number of para-hydroxylation sites is 1. The molecule has 1 heterocycles. The molecule has 4 heteroatoms. The number of nitrogens with zero attached hydrogens (tertiary/aromatic N) is 2. The van der Waals surface area contributed by atoms with Crippen LogP contribution in [0.2, 0.25) is 0 Å². The molecule has 2 aromatic rings. The number of nitrogens with one attached hydrogen (secondary N) is 1. The van der Waals surface area contributed by atoms with Crippen molar-refractivity contribution in [2.24, 2.45) is 0 Å². The van der Waals surface area contributed by atoms with Gasteiger partial charge in [0.25, 0.3) is 0 Å². The summed E-state index contributed by atoms with van der Waals surface area (Å²) in [4.78, 5) is 7.01. The van der Waals surface area contributed by atoms with Gasteiger partial charge < -0.3 is 15.3 Å². The minimum Gasteiger partial charge on any atom is -0.395 e. The second-order valence-electron chi connectivity index (χ2n) is 6.09. The highest BCUT2D eigenvalue weighted by atomic mass is 16.3. The molecule has 118 valence electrons. The van der Waals surface area contributed by atoms with Gasteiger partial charge in [-0.05, 0) is 44.4 Å². The van der Waals surface area contributed by atoms with Gasteiger partial charge in [-0.1, -0.05) is 18.2 Å². The van der Waals surface area contributed by atoms with Crippen LogP contribution in [0.1, 0.15) is 24.1 Å². The van der Waals surface area contributed by atoms with Gasteiger partial charge in [0.2, 0.25) is 0 Å². The van der Waals surface area contributed by atoms with Crippen LogP contribution in [0, 0.1) is 0 Å². The molecule has 0 fully saturated rings. The van der Waals surface area contributed by atoms with E-state index in [0.29, 0.717) is 0 Å². The van der Waals surface area contributed by atoms with E-state index in [2.05, 4.69) is 34.5 Å². The lowest BCUT2D eigenvalue weighted by Crippen LogP contribution is -2.28. The monoisotopic (exact) mass is 299 g/mol. The molecule has 0 saturated heterocycles. The normalized spacial score (nSPS) is 14.3. The fourth-order valence-corrected chi connectivity index (χ4v) is 3.23. The van der Waals surface area contributed by atoms with Gasteiger partial charge in [-0.2, -0.15) is 0 Å². The highest BCUT2D eigenvalue weighted by Crippen LogP contribution is 2.33. The molecule has 0 unspecified atom stereocenters. The van der Waals surface area contributed by atoms with Crippen LogP contribution in [0.4, 0.5) is 5.69 Å². The van der Waals surface area contributed by atoms with Crippen molar-refractivity contribution in [2.45, 2.75) is 25.7 Å². The zero-order valence-electron chi connectivity index (χ0n) is 13.3. The molecular formula is C18H25N3O. The molecule has 1 aromatic heterocycles. The van der Waals surface area contributed by atoms with E-state index in [1.54, 1.807) is 0 Å². The smallest absolute Gasteiger partial charge is 0.0726 e. The van der Waals surface area contributed by atoms with Crippen LogP contribution in [-0.2, 0) is 12.8 Å². The van der Waals surface area contributed by atoms with Gasteiger partial charge in [0, 0.05) is 36.4 Å². The number of anilines is 1. The lowest BCUT2D eigenvalue weighted by Gasteiger charge is -2.23. The Morgan fingerprint density at radius 3 is 2.86 bits per heavy atom.